The molecule has 168 valence electrons. The highest BCUT2D eigenvalue weighted by Gasteiger charge is 2.32. The van der Waals surface area contributed by atoms with E-state index in [4.69, 9.17) is 4.74 Å². The fraction of sp³-hybridized carbons (Fsp3) is 0.174. The van der Waals surface area contributed by atoms with Gasteiger partial charge in [0.25, 0.3) is 10.0 Å². The van der Waals surface area contributed by atoms with Crippen LogP contribution in [0.3, 0.4) is 0 Å². The van der Waals surface area contributed by atoms with Gasteiger partial charge in [0.05, 0.1) is 22.3 Å². The Hall–Kier alpha value is -3.33. The minimum atomic E-state index is -4.70. The SMILES string of the molecule is CC(C)Oc1ccc(S(=O)(=O)Nc2ccc(C(F)(F)F)cc2C(=O)c2ccccc2)cc1. The lowest BCUT2D eigenvalue weighted by Crippen LogP contribution is -2.17. The van der Waals surface area contributed by atoms with Gasteiger partial charge in [0, 0.05) is 11.1 Å². The number of carbonyl (C=O) groups is 1. The molecule has 0 spiro atoms. The number of sulfonamides is 1. The molecule has 0 unspecified atom stereocenters. The number of halogens is 3. The summed E-state index contributed by atoms with van der Waals surface area (Å²) in [5.74, 6) is -0.275. The van der Waals surface area contributed by atoms with Crippen molar-refractivity contribution >= 4 is 21.5 Å². The van der Waals surface area contributed by atoms with Crippen LogP contribution in [0.5, 0.6) is 5.75 Å². The monoisotopic (exact) mass is 463 g/mol. The van der Waals surface area contributed by atoms with Crippen LogP contribution in [0, 0.1) is 0 Å². The van der Waals surface area contributed by atoms with Gasteiger partial charge in [0.2, 0.25) is 0 Å². The molecule has 32 heavy (non-hydrogen) atoms. The Balaban J connectivity index is 2.00. The Morgan fingerprint density at radius 1 is 0.938 bits per heavy atom. The fourth-order valence-electron chi connectivity index (χ4n) is 2.92. The van der Waals surface area contributed by atoms with Gasteiger partial charge in [0.1, 0.15) is 5.75 Å². The predicted octanol–water partition coefficient (Wildman–Crippen LogP) is 5.52. The third kappa shape index (κ3) is 5.47. The van der Waals surface area contributed by atoms with E-state index < -0.39 is 33.1 Å². The van der Waals surface area contributed by atoms with Crippen molar-refractivity contribution in [2.45, 2.75) is 31.0 Å². The molecule has 3 aromatic carbocycles. The number of rotatable bonds is 7. The van der Waals surface area contributed by atoms with Crippen LogP contribution in [0.15, 0.2) is 77.7 Å². The summed E-state index contributed by atoms with van der Waals surface area (Å²) in [5, 5.41) is 0. The molecule has 0 heterocycles. The minimum Gasteiger partial charge on any atom is -0.491 e. The first-order valence-electron chi connectivity index (χ1n) is 9.58. The molecule has 0 aliphatic heterocycles. The highest BCUT2D eigenvalue weighted by Crippen LogP contribution is 2.33. The van der Waals surface area contributed by atoms with Crippen molar-refractivity contribution in [1.82, 2.24) is 0 Å². The Bertz CT molecular complexity index is 1210. The summed E-state index contributed by atoms with van der Waals surface area (Å²) in [7, 11) is -4.18. The molecule has 0 aromatic heterocycles. The number of hydrogen-bond acceptors (Lipinski definition) is 4. The van der Waals surface area contributed by atoms with Crippen molar-refractivity contribution in [3.05, 3.63) is 89.5 Å². The van der Waals surface area contributed by atoms with Gasteiger partial charge in [-0.1, -0.05) is 30.3 Å². The van der Waals surface area contributed by atoms with Crippen LogP contribution in [0.2, 0.25) is 0 Å². The number of hydrogen-bond donors (Lipinski definition) is 1. The van der Waals surface area contributed by atoms with Crippen molar-refractivity contribution in [3.63, 3.8) is 0 Å². The van der Waals surface area contributed by atoms with E-state index in [0.29, 0.717) is 11.8 Å². The van der Waals surface area contributed by atoms with Crippen molar-refractivity contribution in [3.8, 4) is 5.75 Å². The van der Waals surface area contributed by atoms with Crippen molar-refractivity contribution < 1.29 is 31.1 Å². The van der Waals surface area contributed by atoms with E-state index >= 15 is 0 Å². The van der Waals surface area contributed by atoms with Gasteiger partial charge in [-0.3, -0.25) is 9.52 Å². The zero-order valence-electron chi connectivity index (χ0n) is 17.2. The van der Waals surface area contributed by atoms with E-state index in [-0.39, 0.29) is 22.3 Å². The molecule has 0 amide bonds. The number of ether oxygens (including phenoxy) is 1. The average molecular weight is 463 g/mol. The molecule has 0 saturated carbocycles. The summed E-state index contributed by atoms with van der Waals surface area (Å²) >= 11 is 0. The second-order valence-electron chi connectivity index (χ2n) is 7.20. The van der Waals surface area contributed by atoms with Crippen LogP contribution in [0.1, 0.15) is 35.3 Å². The van der Waals surface area contributed by atoms with E-state index in [1.54, 1.807) is 18.2 Å². The average Bonchev–Trinajstić information content (AvgIpc) is 2.73. The summed E-state index contributed by atoms with van der Waals surface area (Å²) in [5.41, 5.74) is -1.60. The van der Waals surface area contributed by atoms with Gasteiger partial charge in [-0.25, -0.2) is 8.42 Å². The first kappa shape index (κ1) is 23.3. The van der Waals surface area contributed by atoms with E-state index in [0.717, 1.165) is 12.1 Å². The highest BCUT2D eigenvalue weighted by atomic mass is 32.2. The molecule has 5 nitrogen and oxygen atoms in total. The summed E-state index contributed by atoms with van der Waals surface area (Å²) < 4.78 is 73.1. The maximum absolute atomic E-state index is 13.2. The number of ketones is 1. The smallest absolute Gasteiger partial charge is 0.416 e. The standard InChI is InChI=1S/C23H20F3NO4S/c1-15(2)31-18-9-11-19(12-10-18)32(29,30)27-21-13-8-17(23(24,25)26)14-20(21)22(28)16-6-4-3-5-7-16/h3-15,27H,1-2H3. The molecular weight excluding hydrogens is 443 g/mol. The highest BCUT2D eigenvalue weighted by molar-refractivity contribution is 7.92. The van der Waals surface area contributed by atoms with E-state index in [2.05, 4.69) is 4.72 Å². The number of anilines is 1. The predicted molar refractivity (Wildman–Crippen MR) is 114 cm³/mol. The van der Waals surface area contributed by atoms with Gasteiger partial charge >= 0.3 is 6.18 Å². The maximum atomic E-state index is 13.2. The molecule has 0 aliphatic carbocycles. The first-order valence-corrected chi connectivity index (χ1v) is 11.1. The van der Waals surface area contributed by atoms with Gasteiger partial charge < -0.3 is 4.74 Å². The molecule has 0 radical (unpaired) electrons. The van der Waals surface area contributed by atoms with Gasteiger partial charge in [-0.2, -0.15) is 13.2 Å². The Kier molecular flexibility index (Phi) is 6.59. The summed E-state index contributed by atoms with van der Waals surface area (Å²) in [6.45, 7) is 3.64. The third-order valence-electron chi connectivity index (χ3n) is 4.38. The number of alkyl halides is 3. The van der Waals surface area contributed by atoms with Crippen molar-refractivity contribution in [2.75, 3.05) is 4.72 Å². The Labute approximate surface area is 183 Å². The molecule has 0 aliphatic rings. The van der Waals surface area contributed by atoms with Gasteiger partial charge in [-0.05, 0) is 56.3 Å². The Morgan fingerprint density at radius 3 is 2.12 bits per heavy atom. The topological polar surface area (TPSA) is 72.5 Å². The molecule has 0 fully saturated rings. The van der Waals surface area contributed by atoms with E-state index in [1.807, 2.05) is 13.8 Å². The zero-order chi connectivity index (χ0) is 23.5. The van der Waals surface area contributed by atoms with E-state index in [1.165, 1.54) is 36.4 Å². The molecule has 1 N–H and O–H groups in total. The maximum Gasteiger partial charge on any atom is 0.416 e. The summed E-state index contributed by atoms with van der Waals surface area (Å²) in [6.07, 6.45) is -4.80. The lowest BCUT2D eigenvalue weighted by molar-refractivity contribution is -0.137. The first-order chi connectivity index (χ1) is 15.0. The van der Waals surface area contributed by atoms with Gasteiger partial charge in [0.15, 0.2) is 5.78 Å². The van der Waals surface area contributed by atoms with Crippen LogP contribution in [-0.2, 0) is 16.2 Å². The zero-order valence-corrected chi connectivity index (χ0v) is 18.0. The van der Waals surface area contributed by atoms with Gasteiger partial charge in [-0.15, -0.1) is 0 Å². The summed E-state index contributed by atoms with van der Waals surface area (Å²) in [4.78, 5) is 12.8. The van der Waals surface area contributed by atoms with Crippen LogP contribution < -0.4 is 9.46 Å². The lowest BCUT2D eigenvalue weighted by atomic mass is 9.99. The molecule has 0 saturated heterocycles. The third-order valence-corrected chi connectivity index (χ3v) is 5.76. The second-order valence-corrected chi connectivity index (χ2v) is 8.88. The van der Waals surface area contributed by atoms with Crippen molar-refractivity contribution in [2.24, 2.45) is 0 Å². The minimum absolute atomic E-state index is 0.103. The molecule has 9 heteroatoms. The largest absolute Gasteiger partial charge is 0.491 e. The van der Waals surface area contributed by atoms with Crippen LogP contribution in [0.25, 0.3) is 0 Å². The van der Waals surface area contributed by atoms with Crippen molar-refractivity contribution in [1.29, 1.82) is 0 Å². The van der Waals surface area contributed by atoms with Crippen LogP contribution in [0.4, 0.5) is 18.9 Å². The number of carbonyl (C=O) groups excluding carboxylic acids is 1. The van der Waals surface area contributed by atoms with E-state index in [9.17, 15) is 26.4 Å². The normalized spacial score (nSPS) is 11.9. The molecule has 3 rings (SSSR count). The molecule has 3 aromatic rings. The molecule has 0 atom stereocenters. The molecule has 0 bridgehead atoms. The number of benzene rings is 3. The Morgan fingerprint density at radius 2 is 1.56 bits per heavy atom. The number of nitrogens with one attached hydrogen (secondary N) is 1. The fourth-order valence-corrected chi connectivity index (χ4v) is 4.00. The quantitative estimate of drug-likeness (QED) is 0.468. The second kappa shape index (κ2) is 9.04. The van der Waals surface area contributed by atoms with Crippen LogP contribution in [-0.4, -0.2) is 20.3 Å². The van der Waals surface area contributed by atoms with Crippen LogP contribution >= 0.6 is 0 Å². The summed E-state index contributed by atoms with van der Waals surface area (Å²) in [6, 6.07) is 15.5. The molecular formula is C23H20F3NO4S. The lowest BCUT2D eigenvalue weighted by Gasteiger charge is -2.15.